The summed E-state index contributed by atoms with van der Waals surface area (Å²) in [5.74, 6) is 0. The summed E-state index contributed by atoms with van der Waals surface area (Å²) in [5, 5.41) is 7.72. The van der Waals surface area contributed by atoms with Gasteiger partial charge in [-0.1, -0.05) is 28.1 Å². The van der Waals surface area contributed by atoms with E-state index in [0.29, 0.717) is 6.04 Å². The summed E-state index contributed by atoms with van der Waals surface area (Å²) >= 11 is 3.47. The molecule has 0 aliphatic rings. The summed E-state index contributed by atoms with van der Waals surface area (Å²) in [5.41, 5.74) is 2.64. The van der Waals surface area contributed by atoms with Crippen molar-refractivity contribution in [2.75, 3.05) is 7.05 Å². The minimum absolute atomic E-state index is 0.440. The third kappa shape index (κ3) is 4.18. The second-order valence-electron chi connectivity index (χ2n) is 4.72. The molecule has 0 amide bonds. The summed E-state index contributed by atoms with van der Waals surface area (Å²) in [6, 6.07) is 8.97. The fourth-order valence-electron chi connectivity index (χ4n) is 2.15. The Kier molecular flexibility index (Phi) is 5.16. The quantitative estimate of drug-likeness (QED) is 0.886. The minimum Gasteiger partial charge on any atom is -0.316 e. The topological polar surface area (TPSA) is 29.9 Å². The number of aromatic nitrogens is 2. The molecule has 2 rings (SSSR count). The molecule has 102 valence electrons. The van der Waals surface area contributed by atoms with E-state index in [9.17, 15) is 0 Å². The Morgan fingerprint density at radius 2 is 1.89 bits per heavy atom. The highest BCUT2D eigenvalue weighted by Crippen LogP contribution is 2.13. The molecular weight excluding hydrogens is 302 g/mol. The molecule has 2 aromatic rings. The van der Waals surface area contributed by atoms with Crippen molar-refractivity contribution in [3.05, 3.63) is 52.3 Å². The van der Waals surface area contributed by atoms with Gasteiger partial charge in [0.1, 0.15) is 0 Å². The Bertz CT molecular complexity index is 504. The predicted molar refractivity (Wildman–Crippen MR) is 82.3 cm³/mol. The van der Waals surface area contributed by atoms with Crippen LogP contribution in [0.4, 0.5) is 0 Å². The summed E-state index contributed by atoms with van der Waals surface area (Å²) in [6.07, 6.45) is 6.13. The third-order valence-corrected chi connectivity index (χ3v) is 3.83. The van der Waals surface area contributed by atoms with E-state index < -0.39 is 0 Å². The van der Waals surface area contributed by atoms with Gasteiger partial charge in [-0.2, -0.15) is 5.10 Å². The number of likely N-dealkylation sites (N-methyl/N-ethyl adjacent to an activating group) is 1. The monoisotopic (exact) mass is 321 g/mol. The van der Waals surface area contributed by atoms with Crippen LogP contribution in [0.5, 0.6) is 0 Å². The molecule has 4 heteroatoms. The average Bonchev–Trinajstić information content (AvgIpc) is 2.88. The number of hydrogen-bond donors (Lipinski definition) is 1. The highest BCUT2D eigenvalue weighted by atomic mass is 79.9. The Balaban J connectivity index is 1.98. The second kappa shape index (κ2) is 6.87. The molecule has 19 heavy (non-hydrogen) atoms. The van der Waals surface area contributed by atoms with Crippen molar-refractivity contribution in [2.45, 2.75) is 32.4 Å². The highest BCUT2D eigenvalue weighted by molar-refractivity contribution is 9.10. The maximum absolute atomic E-state index is 4.32. The van der Waals surface area contributed by atoms with Crippen molar-refractivity contribution in [1.82, 2.24) is 15.1 Å². The molecule has 0 saturated heterocycles. The van der Waals surface area contributed by atoms with Gasteiger partial charge in [-0.3, -0.25) is 4.68 Å². The van der Waals surface area contributed by atoms with Crippen LogP contribution in [-0.4, -0.2) is 22.9 Å². The molecule has 0 aliphatic heterocycles. The van der Waals surface area contributed by atoms with Gasteiger partial charge in [0.2, 0.25) is 0 Å². The van der Waals surface area contributed by atoms with E-state index >= 15 is 0 Å². The van der Waals surface area contributed by atoms with Crippen LogP contribution in [-0.2, 0) is 19.4 Å². The Labute approximate surface area is 123 Å². The molecule has 1 aromatic heterocycles. The van der Waals surface area contributed by atoms with Gasteiger partial charge in [-0.15, -0.1) is 0 Å². The van der Waals surface area contributed by atoms with E-state index in [1.165, 1.54) is 11.1 Å². The Morgan fingerprint density at radius 1 is 1.21 bits per heavy atom. The third-order valence-electron chi connectivity index (χ3n) is 3.30. The number of nitrogens with zero attached hydrogens (tertiary/aromatic N) is 2. The minimum atomic E-state index is 0.440. The number of halogens is 1. The van der Waals surface area contributed by atoms with E-state index in [-0.39, 0.29) is 0 Å². The summed E-state index contributed by atoms with van der Waals surface area (Å²) in [7, 11) is 2.02. The molecule has 0 bridgehead atoms. The maximum Gasteiger partial charge on any atom is 0.0522 e. The summed E-state index contributed by atoms with van der Waals surface area (Å²) in [6.45, 7) is 3.03. The fraction of sp³-hybridized carbons (Fsp3) is 0.400. The zero-order chi connectivity index (χ0) is 13.7. The smallest absolute Gasteiger partial charge is 0.0522 e. The molecule has 1 atom stereocenters. The lowest BCUT2D eigenvalue weighted by molar-refractivity contribution is 0.556. The van der Waals surface area contributed by atoms with Crippen LogP contribution in [0.3, 0.4) is 0 Å². The molecule has 1 N–H and O–H groups in total. The lowest BCUT2D eigenvalue weighted by Gasteiger charge is -2.15. The lowest BCUT2D eigenvalue weighted by Crippen LogP contribution is -2.29. The van der Waals surface area contributed by atoms with Gasteiger partial charge >= 0.3 is 0 Å². The van der Waals surface area contributed by atoms with E-state index in [2.05, 4.69) is 63.7 Å². The van der Waals surface area contributed by atoms with Crippen LogP contribution in [0.25, 0.3) is 0 Å². The number of benzene rings is 1. The number of rotatable bonds is 6. The zero-order valence-corrected chi connectivity index (χ0v) is 13.0. The van der Waals surface area contributed by atoms with Crippen molar-refractivity contribution in [2.24, 2.45) is 0 Å². The van der Waals surface area contributed by atoms with E-state index in [0.717, 1.165) is 23.9 Å². The van der Waals surface area contributed by atoms with E-state index in [4.69, 9.17) is 0 Å². The second-order valence-corrected chi connectivity index (χ2v) is 5.64. The highest BCUT2D eigenvalue weighted by Gasteiger charge is 2.09. The molecule has 0 radical (unpaired) electrons. The van der Waals surface area contributed by atoms with Crippen molar-refractivity contribution >= 4 is 15.9 Å². The lowest BCUT2D eigenvalue weighted by atomic mass is 10.0. The van der Waals surface area contributed by atoms with Crippen LogP contribution >= 0.6 is 15.9 Å². The molecule has 0 fully saturated rings. The van der Waals surface area contributed by atoms with Crippen LogP contribution in [0.2, 0.25) is 0 Å². The van der Waals surface area contributed by atoms with Crippen LogP contribution in [0.1, 0.15) is 18.1 Å². The zero-order valence-electron chi connectivity index (χ0n) is 11.4. The first kappa shape index (κ1) is 14.3. The van der Waals surface area contributed by atoms with Gasteiger partial charge in [-0.05, 0) is 50.1 Å². The van der Waals surface area contributed by atoms with Gasteiger partial charge in [0.15, 0.2) is 0 Å². The molecular formula is C15H20BrN3. The van der Waals surface area contributed by atoms with Crippen LogP contribution in [0, 0.1) is 0 Å². The molecule has 0 aliphatic carbocycles. The van der Waals surface area contributed by atoms with E-state index in [1.54, 1.807) is 0 Å². The first-order valence-corrected chi connectivity index (χ1v) is 7.43. The van der Waals surface area contributed by atoms with Gasteiger partial charge < -0.3 is 5.32 Å². The van der Waals surface area contributed by atoms with Gasteiger partial charge in [0.05, 0.1) is 6.20 Å². The molecule has 1 heterocycles. The van der Waals surface area contributed by atoms with Crippen molar-refractivity contribution in [3.8, 4) is 0 Å². The number of nitrogens with one attached hydrogen (secondary N) is 1. The number of aryl methyl sites for hydroxylation is 1. The predicted octanol–water partition coefficient (Wildman–Crippen LogP) is 3.04. The van der Waals surface area contributed by atoms with Gasteiger partial charge in [0.25, 0.3) is 0 Å². The number of hydrogen-bond acceptors (Lipinski definition) is 2. The Morgan fingerprint density at radius 3 is 2.47 bits per heavy atom. The Hall–Kier alpha value is -1.13. The largest absolute Gasteiger partial charge is 0.316 e. The van der Waals surface area contributed by atoms with Gasteiger partial charge in [0, 0.05) is 23.3 Å². The summed E-state index contributed by atoms with van der Waals surface area (Å²) in [4.78, 5) is 0. The van der Waals surface area contributed by atoms with Crippen molar-refractivity contribution < 1.29 is 0 Å². The molecule has 1 aromatic carbocycles. The molecule has 0 saturated carbocycles. The molecule has 3 nitrogen and oxygen atoms in total. The van der Waals surface area contributed by atoms with Crippen LogP contribution in [0.15, 0.2) is 41.1 Å². The van der Waals surface area contributed by atoms with Crippen molar-refractivity contribution in [3.63, 3.8) is 0 Å². The molecule has 1 unspecified atom stereocenters. The normalized spacial score (nSPS) is 12.6. The first-order valence-electron chi connectivity index (χ1n) is 6.64. The van der Waals surface area contributed by atoms with E-state index in [1.807, 2.05) is 17.9 Å². The summed E-state index contributed by atoms with van der Waals surface area (Å²) < 4.78 is 3.10. The average molecular weight is 322 g/mol. The van der Waals surface area contributed by atoms with Gasteiger partial charge in [-0.25, -0.2) is 0 Å². The maximum atomic E-state index is 4.32. The molecule has 0 spiro atoms. The van der Waals surface area contributed by atoms with Crippen molar-refractivity contribution in [1.29, 1.82) is 0 Å². The fourth-order valence-corrected chi connectivity index (χ4v) is 2.41. The standard InChI is InChI=1S/C15H20BrN3/c1-3-19-11-13(10-18-19)9-15(17-2)8-12-4-6-14(16)7-5-12/h4-7,10-11,15,17H,3,8-9H2,1-2H3. The SMILES string of the molecule is CCn1cc(CC(Cc2ccc(Br)cc2)NC)cn1. The van der Waals surface area contributed by atoms with Crippen LogP contribution < -0.4 is 5.32 Å². The first-order chi connectivity index (χ1) is 9.21.